The number of rotatable bonds is 6. The minimum absolute atomic E-state index is 0. The molecule has 3 atom stereocenters. The number of ether oxygens (including phenoxy) is 1. The minimum atomic E-state index is -4.50. The molecular weight excluding hydrogens is 361 g/mol. The van der Waals surface area contributed by atoms with E-state index in [1.54, 1.807) is 6.92 Å². The second-order valence-electron chi connectivity index (χ2n) is 5.74. The molecule has 3 unspecified atom stereocenters. The van der Waals surface area contributed by atoms with Crippen molar-refractivity contribution in [2.45, 2.75) is 44.2 Å². The number of hydrogen-bond donors (Lipinski definition) is 3. The van der Waals surface area contributed by atoms with Crippen LogP contribution in [0.15, 0.2) is 24.3 Å². The summed E-state index contributed by atoms with van der Waals surface area (Å²) in [4.78, 5) is 12.0. The summed E-state index contributed by atoms with van der Waals surface area (Å²) >= 11 is 0. The van der Waals surface area contributed by atoms with Gasteiger partial charge in [0.05, 0.1) is 24.3 Å². The summed E-state index contributed by atoms with van der Waals surface area (Å²) < 4.78 is 44.4. The molecule has 3 N–H and O–H groups in total. The number of para-hydroxylation sites is 1. The molecule has 0 bridgehead atoms. The number of amides is 1. The number of halogens is 4. The molecule has 1 aromatic carbocycles. The van der Waals surface area contributed by atoms with Crippen LogP contribution in [0.25, 0.3) is 0 Å². The molecule has 0 aromatic heterocycles. The molecule has 0 spiro atoms. The lowest BCUT2D eigenvalue weighted by Gasteiger charge is -2.21. The Kier molecular flexibility index (Phi) is 7.98. The van der Waals surface area contributed by atoms with E-state index in [1.807, 2.05) is 0 Å². The van der Waals surface area contributed by atoms with E-state index in [2.05, 4.69) is 10.6 Å². The van der Waals surface area contributed by atoms with Gasteiger partial charge < -0.3 is 20.5 Å². The standard InChI is InChI=1S/C16H21F3N2O3.ClH/c1-2-11(9-21-15(23)13-7-10(22)8-20-13)24-14-6-4-3-5-12(14)16(17,18)19;/h3-6,10-11,13,20,22H,2,7-9H2,1H3,(H,21,23);1H. The second kappa shape index (κ2) is 9.26. The van der Waals surface area contributed by atoms with E-state index in [0.717, 1.165) is 6.07 Å². The number of alkyl halides is 3. The van der Waals surface area contributed by atoms with Crippen molar-refractivity contribution in [2.75, 3.05) is 13.1 Å². The van der Waals surface area contributed by atoms with Gasteiger partial charge in [0.1, 0.15) is 11.9 Å². The van der Waals surface area contributed by atoms with Gasteiger partial charge in [0.2, 0.25) is 5.91 Å². The molecule has 0 radical (unpaired) electrons. The molecule has 1 aliphatic heterocycles. The van der Waals surface area contributed by atoms with Crippen LogP contribution in [0.3, 0.4) is 0 Å². The summed E-state index contributed by atoms with van der Waals surface area (Å²) in [6, 6.07) is 4.52. The Morgan fingerprint density at radius 1 is 1.44 bits per heavy atom. The van der Waals surface area contributed by atoms with E-state index in [-0.39, 0.29) is 30.6 Å². The van der Waals surface area contributed by atoms with Gasteiger partial charge >= 0.3 is 6.18 Å². The van der Waals surface area contributed by atoms with Gasteiger partial charge in [0.15, 0.2) is 0 Å². The molecule has 2 rings (SSSR count). The van der Waals surface area contributed by atoms with Gasteiger partial charge in [0.25, 0.3) is 0 Å². The average Bonchev–Trinajstić information content (AvgIpc) is 2.97. The molecule has 1 aliphatic rings. The van der Waals surface area contributed by atoms with E-state index in [0.29, 0.717) is 19.4 Å². The number of hydrogen-bond acceptors (Lipinski definition) is 4. The van der Waals surface area contributed by atoms with Crippen LogP contribution in [0.4, 0.5) is 13.2 Å². The molecule has 0 saturated carbocycles. The van der Waals surface area contributed by atoms with Crippen LogP contribution in [0.1, 0.15) is 25.3 Å². The van der Waals surface area contributed by atoms with E-state index >= 15 is 0 Å². The molecule has 1 amide bonds. The lowest BCUT2D eigenvalue weighted by Crippen LogP contribution is -2.44. The molecule has 25 heavy (non-hydrogen) atoms. The van der Waals surface area contributed by atoms with Gasteiger partial charge in [-0.1, -0.05) is 19.1 Å². The van der Waals surface area contributed by atoms with Crippen molar-refractivity contribution >= 4 is 18.3 Å². The summed E-state index contributed by atoms with van der Waals surface area (Å²) in [5, 5.41) is 14.9. The van der Waals surface area contributed by atoms with Crippen molar-refractivity contribution in [3.8, 4) is 5.75 Å². The number of aliphatic hydroxyl groups excluding tert-OH is 1. The van der Waals surface area contributed by atoms with Crippen LogP contribution < -0.4 is 15.4 Å². The molecule has 9 heteroatoms. The number of nitrogens with one attached hydrogen (secondary N) is 2. The summed E-state index contributed by atoms with van der Waals surface area (Å²) in [5.41, 5.74) is -0.838. The van der Waals surface area contributed by atoms with Gasteiger partial charge in [-0.15, -0.1) is 12.4 Å². The number of benzene rings is 1. The first-order valence-corrected chi connectivity index (χ1v) is 7.83. The fraction of sp³-hybridized carbons (Fsp3) is 0.562. The Balaban J connectivity index is 0.00000312. The maximum Gasteiger partial charge on any atom is 0.419 e. The van der Waals surface area contributed by atoms with E-state index in [9.17, 15) is 23.1 Å². The first-order chi connectivity index (χ1) is 11.3. The second-order valence-corrected chi connectivity index (χ2v) is 5.74. The molecular formula is C16H22ClF3N2O3. The highest BCUT2D eigenvalue weighted by Gasteiger charge is 2.34. The lowest BCUT2D eigenvalue weighted by molar-refractivity contribution is -0.139. The fourth-order valence-electron chi connectivity index (χ4n) is 2.51. The first-order valence-electron chi connectivity index (χ1n) is 7.83. The van der Waals surface area contributed by atoms with Crippen LogP contribution in [-0.2, 0) is 11.0 Å². The average molecular weight is 383 g/mol. The zero-order valence-corrected chi connectivity index (χ0v) is 14.5. The zero-order chi connectivity index (χ0) is 17.7. The SMILES string of the molecule is CCC(CNC(=O)C1CC(O)CN1)Oc1ccccc1C(F)(F)F.Cl. The third-order valence-electron chi connectivity index (χ3n) is 3.87. The van der Waals surface area contributed by atoms with Crippen molar-refractivity contribution in [2.24, 2.45) is 0 Å². The topological polar surface area (TPSA) is 70.6 Å². The van der Waals surface area contributed by atoms with E-state index < -0.39 is 30.0 Å². The lowest BCUT2D eigenvalue weighted by atomic mass is 10.1. The molecule has 1 fully saturated rings. The maximum atomic E-state index is 13.0. The zero-order valence-electron chi connectivity index (χ0n) is 13.7. The van der Waals surface area contributed by atoms with Gasteiger partial charge in [-0.2, -0.15) is 13.2 Å². The third kappa shape index (κ3) is 6.05. The van der Waals surface area contributed by atoms with Crippen LogP contribution in [0.5, 0.6) is 5.75 Å². The normalized spacial score (nSPS) is 21.3. The highest BCUT2D eigenvalue weighted by atomic mass is 35.5. The van der Waals surface area contributed by atoms with Gasteiger partial charge in [-0.25, -0.2) is 0 Å². The molecule has 1 saturated heterocycles. The quantitative estimate of drug-likeness (QED) is 0.705. The predicted molar refractivity (Wildman–Crippen MR) is 88.8 cm³/mol. The van der Waals surface area contributed by atoms with Gasteiger partial charge in [0, 0.05) is 6.54 Å². The van der Waals surface area contributed by atoms with Crippen molar-refractivity contribution in [1.82, 2.24) is 10.6 Å². The summed E-state index contributed by atoms with van der Waals surface area (Å²) in [6.45, 7) is 2.21. The Morgan fingerprint density at radius 3 is 2.68 bits per heavy atom. The number of β-amino-alcohol motifs (C(OH)–C–C–N with tert-alkyl or cyclic N) is 1. The molecule has 0 aliphatic carbocycles. The van der Waals surface area contributed by atoms with E-state index in [1.165, 1.54) is 18.2 Å². The van der Waals surface area contributed by atoms with Crippen molar-refractivity contribution in [1.29, 1.82) is 0 Å². The van der Waals surface area contributed by atoms with Crippen LogP contribution in [0, 0.1) is 0 Å². The largest absolute Gasteiger partial charge is 0.488 e. The molecule has 1 heterocycles. The number of aliphatic hydroxyl groups is 1. The van der Waals surface area contributed by atoms with Crippen molar-refractivity contribution < 1.29 is 27.8 Å². The van der Waals surface area contributed by atoms with E-state index in [4.69, 9.17) is 4.74 Å². The summed E-state index contributed by atoms with van der Waals surface area (Å²) in [5.74, 6) is -0.543. The van der Waals surface area contributed by atoms with Crippen LogP contribution in [-0.4, -0.2) is 42.4 Å². The fourth-order valence-corrected chi connectivity index (χ4v) is 2.51. The highest BCUT2D eigenvalue weighted by molar-refractivity contribution is 5.85. The van der Waals surface area contributed by atoms with Crippen LogP contribution >= 0.6 is 12.4 Å². The van der Waals surface area contributed by atoms with Crippen molar-refractivity contribution in [3.63, 3.8) is 0 Å². The molecule has 1 aromatic rings. The Morgan fingerprint density at radius 2 is 2.12 bits per heavy atom. The highest BCUT2D eigenvalue weighted by Crippen LogP contribution is 2.36. The summed E-state index contributed by atoms with van der Waals surface area (Å²) in [6.07, 6.45) is -4.88. The Labute approximate surface area is 150 Å². The smallest absolute Gasteiger partial charge is 0.419 e. The Hall–Kier alpha value is -1.51. The van der Waals surface area contributed by atoms with Gasteiger partial charge in [-0.3, -0.25) is 4.79 Å². The minimum Gasteiger partial charge on any atom is -0.488 e. The monoisotopic (exact) mass is 382 g/mol. The first kappa shape index (κ1) is 21.5. The van der Waals surface area contributed by atoms with Crippen LogP contribution in [0.2, 0.25) is 0 Å². The Bertz CT molecular complexity index is 572. The van der Waals surface area contributed by atoms with Gasteiger partial charge in [-0.05, 0) is 25.0 Å². The molecule has 5 nitrogen and oxygen atoms in total. The summed E-state index contributed by atoms with van der Waals surface area (Å²) in [7, 11) is 0. The maximum absolute atomic E-state index is 13.0. The molecule has 142 valence electrons. The number of carbonyl (C=O) groups excluding carboxylic acids is 1. The van der Waals surface area contributed by atoms with Crippen molar-refractivity contribution in [3.05, 3.63) is 29.8 Å². The third-order valence-corrected chi connectivity index (χ3v) is 3.87. The number of carbonyl (C=O) groups is 1. The predicted octanol–water partition coefficient (Wildman–Crippen LogP) is 2.12.